The first-order chi connectivity index (χ1) is 14.1. The number of pyridine rings is 1. The lowest BCUT2D eigenvalue weighted by molar-refractivity contribution is 0.703. The molecule has 3 aromatic heterocycles. The molecule has 0 saturated carbocycles. The number of imidazole rings is 1. The molecule has 4 rings (SSSR count). The van der Waals surface area contributed by atoms with Crippen molar-refractivity contribution in [3.05, 3.63) is 57.1 Å². The van der Waals surface area contributed by atoms with Crippen LogP contribution in [0.3, 0.4) is 0 Å². The molecule has 1 N–H and O–H groups in total. The SMILES string of the molecule is CCCn1c(-c2cnc(Nc3ccc(CC)nc3)nc2)nc2cc(I)cc(Cl)c21. The molecule has 0 aliphatic heterocycles. The van der Waals surface area contributed by atoms with Crippen LogP contribution >= 0.6 is 34.2 Å². The highest BCUT2D eigenvalue weighted by Gasteiger charge is 2.16. The number of hydrogen-bond acceptors (Lipinski definition) is 5. The van der Waals surface area contributed by atoms with E-state index in [-0.39, 0.29) is 0 Å². The van der Waals surface area contributed by atoms with E-state index in [9.17, 15) is 0 Å². The normalized spacial score (nSPS) is 11.2. The van der Waals surface area contributed by atoms with Crippen LogP contribution in [0.5, 0.6) is 0 Å². The first-order valence-corrected chi connectivity index (χ1v) is 10.9. The third-order valence-electron chi connectivity index (χ3n) is 4.56. The van der Waals surface area contributed by atoms with Crippen LogP contribution in [0, 0.1) is 3.57 Å². The number of halogens is 2. The second-order valence-corrected chi connectivity index (χ2v) is 8.31. The molecule has 0 bridgehead atoms. The Morgan fingerprint density at radius 3 is 2.52 bits per heavy atom. The van der Waals surface area contributed by atoms with Crippen LogP contribution < -0.4 is 5.32 Å². The van der Waals surface area contributed by atoms with Gasteiger partial charge < -0.3 is 9.88 Å². The van der Waals surface area contributed by atoms with Gasteiger partial charge in [0, 0.05) is 28.2 Å². The van der Waals surface area contributed by atoms with E-state index in [0.29, 0.717) is 11.0 Å². The Morgan fingerprint density at radius 1 is 1.07 bits per heavy atom. The van der Waals surface area contributed by atoms with Gasteiger partial charge in [-0.3, -0.25) is 4.98 Å². The maximum atomic E-state index is 6.53. The molecule has 0 radical (unpaired) electrons. The van der Waals surface area contributed by atoms with Gasteiger partial charge in [-0.1, -0.05) is 25.4 Å². The molecule has 29 heavy (non-hydrogen) atoms. The Bertz CT molecular complexity index is 1140. The van der Waals surface area contributed by atoms with Gasteiger partial charge in [-0.2, -0.15) is 0 Å². The van der Waals surface area contributed by atoms with Crippen molar-refractivity contribution in [3.8, 4) is 11.4 Å². The number of aromatic nitrogens is 5. The van der Waals surface area contributed by atoms with Crippen molar-refractivity contribution < 1.29 is 0 Å². The largest absolute Gasteiger partial charge is 0.323 e. The minimum Gasteiger partial charge on any atom is -0.323 e. The first-order valence-electron chi connectivity index (χ1n) is 9.48. The summed E-state index contributed by atoms with van der Waals surface area (Å²) < 4.78 is 3.21. The van der Waals surface area contributed by atoms with Crippen molar-refractivity contribution in [2.24, 2.45) is 0 Å². The van der Waals surface area contributed by atoms with Crippen LogP contribution in [0.2, 0.25) is 5.02 Å². The van der Waals surface area contributed by atoms with Gasteiger partial charge in [0.1, 0.15) is 5.82 Å². The fraction of sp³-hybridized carbons (Fsp3) is 0.238. The van der Waals surface area contributed by atoms with Gasteiger partial charge in [0.2, 0.25) is 5.95 Å². The third kappa shape index (κ3) is 4.20. The highest BCUT2D eigenvalue weighted by molar-refractivity contribution is 14.1. The predicted octanol–water partition coefficient (Wildman–Crippen LogP) is 5.86. The number of hydrogen-bond donors (Lipinski definition) is 1. The van der Waals surface area contributed by atoms with E-state index in [2.05, 4.69) is 61.3 Å². The van der Waals surface area contributed by atoms with Crippen LogP contribution in [0.1, 0.15) is 26.0 Å². The Morgan fingerprint density at radius 2 is 1.86 bits per heavy atom. The summed E-state index contributed by atoms with van der Waals surface area (Å²) in [5.41, 5.74) is 4.60. The van der Waals surface area contributed by atoms with E-state index >= 15 is 0 Å². The van der Waals surface area contributed by atoms with Crippen LogP contribution in [0.25, 0.3) is 22.4 Å². The van der Waals surface area contributed by atoms with E-state index in [0.717, 1.165) is 56.8 Å². The standard InChI is InChI=1S/C21H20ClIN6/c1-3-7-29-19-17(22)8-14(23)9-18(19)28-20(29)13-10-25-21(26-11-13)27-16-6-5-15(4-2)24-12-16/h5-6,8-12H,3-4,7H2,1-2H3,(H,25,26,27). The zero-order valence-corrected chi connectivity index (χ0v) is 19.1. The second kappa shape index (κ2) is 8.62. The molecule has 6 nitrogen and oxygen atoms in total. The summed E-state index contributed by atoms with van der Waals surface area (Å²) in [4.78, 5) is 18.1. The first kappa shape index (κ1) is 20.0. The Kier molecular flexibility index (Phi) is 5.96. The molecule has 148 valence electrons. The van der Waals surface area contributed by atoms with Crippen LogP contribution in [-0.2, 0) is 13.0 Å². The lowest BCUT2D eigenvalue weighted by atomic mass is 10.3. The third-order valence-corrected chi connectivity index (χ3v) is 5.47. The molecule has 8 heteroatoms. The predicted molar refractivity (Wildman–Crippen MR) is 126 cm³/mol. The molecular weight excluding hydrogens is 499 g/mol. The molecule has 1 aromatic carbocycles. The van der Waals surface area contributed by atoms with Gasteiger partial charge in [0.25, 0.3) is 0 Å². The molecule has 4 aromatic rings. The zero-order chi connectivity index (χ0) is 20.4. The van der Waals surface area contributed by atoms with E-state index < -0.39 is 0 Å². The number of rotatable bonds is 6. The van der Waals surface area contributed by atoms with Gasteiger partial charge in [0.15, 0.2) is 0 Å². The van der Waals surface area contributed by atoms with Gasteiger partial charge in [-0.25, -0.2) is 15.0 Å². The average molecular weight is 519 g/mol. The Balaban J connectivity index is 1.67. The second-order valence-electron chi connectivity index (χ2n) is 6.65. The Labute approximate surface area is 187 Å². The molecule has 0 fully saturated rings. The molecule has 0 aliphatic carbocycles. The van der Waals surface area contributed by atoms with E-state index in [4.69, 9.17) is 16.6 Å². The lowest BCUT2D eigenvalue weighted by Crippen LogP contribution is -2.02. The minimum atomic E-state index is 0.519. The number of fused-ring (bicyclic) bond motifs is 1. The summed E-state index contributed by atoms with van der Waals surface area (Å²) in [6.07, 6.45) is 7.25. The highest BCUT2D eigenvalue weighted by Crippen LogP contribution is 2.31. The number of anilines is 2. The molecule has 0 spiro atoms. The van der Waals surface area contributed by atoms with Gasteiger partial charge in [-0.15, -0.1) is 0 Å². The number of aryl methyl sites for hydroxylation is 2. The van der Waals surface area contributed by atoms with Crippen molar-refractivity contribution in [1.82, 2.24) is 24.5 Å². The summed E-state index contributed by atoms with van der Waals surface area (Å²) in [6.45, 7) is 5.04. The number of benzene rings is 1. The number of nitrogens with zero attached hydrogens (tertiary/aromatic N) is 5. The van der Waals surface area contributed by atoms with Gasteiger partial charge in [0.05, 0.1) is 33.5 Å². The molecule has 0 atom stereocenters. The smallest absolute Gasteiger partial charge is 0.227 e. The zero-order valence-electron chi connectivity index (χ0n) is 16.2. The Hall–Kier alpha value is -2.26. The average Bonchev–Trinajstić information content (AvgIpc) is 3.08. The van der Waals surface area contributed by atoms with E-state index in [1.54, 1.807) is 18.6 Å². The summed E-state index contributed by atoms with van der Waals surface area (Å²) >= 11 is 8.79. The van der Waals surface area contributed by atoms with E-state index in [1.165, 1.54) is 0 Å². The van der Waals surface area contributed by atoms with Gasteiger partial charge >= 0.3 is 0 Å². The molecule has 0 aliphatic rings. The monoisotopic (exact) mass is 518 g/mol. The van der Waals surface area contributed by atoms with E-state index in [1.807, 2.05) is 24.3 Å². The molecular formula is C21H20ClIN6. The fourth-order valence-electron chi connectivity index (χ4n) is 3.19. The van der Waals surface area contributed by atoms with Gasteiger partial charge in [-0.05, 0) is 59.7 Å². The fourth-order valence-corrected chi connectivity index (χ4v) is 4.30. The van der Waals surface area contributed by atoms with Crippen molar-refractivity contribution >= 4 is 56.9 Å². The van der Waals surface area contributed by atoms with Crippen molar-refractivity contribution in [2.45, 2.75) is 33.2 Å². The maximum Gasteiger partial charge on any atom is 0.227 e. The molecule has 3 heterocycles. The quantitative estimate of drug-likeness (QED) is 0.324. The summed E-state index contributed by atoms with van der Waals surface area (Å²) in [6, 6.07) is 7.98. The van der Waals surface area contributed by atoms with Crippen molar-refractivity contribution in [1.29, 1.82) is 0 Å². The van der Waals surface area contributed by atoms with Crippen molar-refractivity contribution in [2.75, 3.05) is 5.32 Å². The highest BCUT2D eigenvalue weighted by atomic mass is 127. The molecule has 0 amide bonds. The molecule has 0 unspecified atom stereocenters. The summed E-state index contributed by atoms with van der Waals surface area (Å²) in [5, 5.41) is 3.89. The van der Waals surface area contributed by atoms with Crippen molar-refractivity contribution in [3.63, 3.8) is 0 Å². The summed E-state index contributed by atoms with van der Waals surface area (Å²) in [5.74, 6) is 1.34. The summed E-state index contributed by atoms with van der Waals surface area (Å²) in [7, 11) is 0. The molecule has 0 saturated heterocycles. The topological polar surface area (TPSA) is 68.5 Å². The number of nitrogens with one attached hydrogen (secondary N) is 1. The maximum absolute atomic E-state index is 6.53. The van der Waals surface area contributed by atoms with Crippen LogP contribution in [-0.4, -0.2) is 24.5 Å². The lowest BCUT2D eigenvalue weighted by Gasteiger charge is -2.09. The minimum absolute atomic E-state index is 0.519. The van der Waals surface area contributed by atoms with Crippen LogP contribution in [0.15, 0.2) is 42.9 Å². The van der Waals surface area contributed by atoms with Crippen LogP contribution in [0.4, 0.5) is 11.6 Å².